The van der Waals surface area contributed by atoms with E-state index in [0.29, 0.717) is 11.3 Å². The molecule has 3 rings (SSSR count). The first-order valence-corrected chi connectivity index (χ1v) is 8.36. The van der Waals surface area contributed by atoms with Crippen molar-refractivity contribution >= 4 is 18.0 Å². The number of nitrogens with one attached hydrogen (secondary N) is 2. The minimum atomic E-state index is -0.650. The molecule has 140 valence electrons. The maximum absolute atomic E-state index is 12.1. The fourth-order valence-corrected chi connectivity index (χ4v) is 2.35. The number of hydrazone groups is 1. The Kier molecular flexibility index (Phi) is 6.12. The first kappa shape index (κ1) is 18.8. The van der Waals surface area contributed by atoms with E-state index in [1.807, 2.05) is 48.5 Å². The Hall–Kier alpha value is -3.97. The zero-order valence-corrected chi connectivity index (χ0v) is 14.7. The van der Waals surface area contributed by atoms with Crippen LogP contribution in [0.2, 0.25) is 0 Å². The molecule has 28 heavy (non-hydrogen) atoms. The van der Waals surface area contributed by atoms with Crippen LogP contribution in [0.3, 0.4) is 0 Å². The molecule has 0 fully saturated rings. The summed E-state index contributed by atoms with van der Waals surface area (Å²) in [5.41, 5.74) is 5.26. The molecule has 0 radical (unpaired) electrons. The first-order chi connectivity index (χ1) is 13.7. The zero-order valence-electron chi connectivity index (χ0n) is 14.7. The molecule has 0 unspecified atom stereocenters. The normalized spacial score (nSPS) is 10.5. The lowest BCUT2D eigenvalue weighted by Gasteiger charge is -2.06. The Morgan fingerprint density at radius 3 is 2.14 bits per heavy atom. The highest BCUT2D eigenvalue weighted by molar-refractivity contribution is 5.97. The Balaban J connectivity index is 1.60. The summed E-state index contributed by atoms with van der Waals surface area (Å²) in [6.07, 6.45) is 1.50. The smallest absolute Gasteiger partial charge is 0.274 e. The number of carbonyl (C=O) groups is 2. The molecule has 3 aromatic rings. The van der Waals surface area contributed by atoms with E-state index >= 15 is 0 Å². The van der Waals surface area contributed by atoms with Gasteiger partial charge in [-0.2, -0.15) is 5.10 Å². The molecule has 0 saturated carbocycles. The SMILES string of the molecule is O=C(NO)c1ccc(C(=O)NN=Cc2cccc(Oc3ccccc3)c2)cc1. The van der Waals surface area contributed by atoms with Crippen molar-refractivity contribution in [1.82, 2.24) is 10.9 Å². The molecule has 0 spiro atoms. The number of ether oxygens (including phenoxy) is 1. The van der Waals surface area contributed by atoms with Crippen LogP contribution in [-0.4, -0.2) is 23.2 Å². The van der Waals surface area contributed by atoms with Gasteiger partial charge in [0.1, 0.15) is 11.5 Å². The maximum Gasteiger partial charge on any atom is 0.274 e. The first-order valence-electron chi connectivity index (χ1n) is 8.36. The number of amides is 2. The van der Waals surface area contributed by atoms with Gasteiger partial charge in [-0.05, 0) is 54.1 Å². The van der Waals surface area contributed by atoms with Gasteiger partial charge < -0.3 is 4.74 Å². The molecule has 7 heteroatoms. The molecule has 7 nitrogen and oxygen atoms in total. The fraction of sp³-hybridized carbons (Fsp3) is 0. The Labute approximate surface area is 161 Å². The van der Waals surface area contributed by atoms with Crippen LogP contribution in [0.25, 0.3) is 0 Å². The van der Waals surface area contributed by atoms with Gasteiger partial charge in [0.05, 0.1) is 6.21 Å². The van der Waals surface area contributed by atoms with E-state index in [4.69, 9.17) is 9.94 Å². The monoisotopic (exact) mass is 375 g/mol. The third-order valence-electron chi connectivity index (χ3n) is 3.73. The summed E-state index contributed by atoms with van der Waals surface area (Å²) in [6.45, 7) is 0. The van der Waals surface area contributed by atoms with Gasteiger partial charge in [0, 0.05) is 11.1 Å². The van der Waals surface area contributed by atoms with Gasteiger partial charge in [0.15, 0.2) is 0 Å². The van der Waals surface area contributed by atoms with Crippen molar-refractivity contribution in [3.8, 4) is 11.5 Å². The van der Waals surface area contributed by atoms with Crippen LogP contribution in [0.4, 0.5) is 0 Å². The van der Waals surface area contributed by atoms with Crippen molar-refractivity contribution in [2.75, 3.05) is 0 Å². The Bertz CT molecular complexity index is 986. The van der Waals surface area contributed by atoms with E-state index in [1.165, 1.54) is 36.0 Å². The van der Waals surface area contributed by atoms with Gasteiger partial charge in [0.25, 0.3) is 11.8 Å². The predicted octanol–water partition coefficient (Wildman–Crippen LogP) is 3.36. The average molecular weight is 375 g/mol. The number of hydrogen-bond acceptors (Lipinski definition) is 5. The topological polar surface area (TPSA) is 100 Å². The largest absolute Gasteiger partial charge is 0.457 e. The van der Waals surface area contributed by atoms with Gasteiger partial charge in [-0.3, -0.25) is 14.8 Å². The number of benzene rings is 3. The molecule has 0 atom stereocenters. The van der Waals surface area contributed by atoms with E-state index < -0.39 is 11.8 Å². The molecular formula is C21H17N3O4. The van der Waals surface area contributed by atoms with E-state index in [0.717, 1.165) is 11.3 Å². The van der Waals surface area contributed by atoms with Gasteiger partial charge >= 0.3 is 0 Å². The lowest BCUT2D eigenvalue weighted by molar-refractivity contribution is 0.0706. The molecule has 0 saturated heterocycles. The highest BCUT2D eigenvalue weighted by Gasteiger charge is 2.07. The quantitative estimate of drug-likeness (QED) is 0.349. The Morgan fingerprint density at radius 1 is 0.821 bits per heavy atom. The van der Waals surface area contributed by atoms with Crippen molar-refractivity contribution in [2.24, 2.45) is 5.10 Å². The van der Waals surface area contributed by atoms with Crippen molar-refractivity contribution in [3.63, 3.8) is 0 Å². The lowest BCUT2D eigenvalue weighted by Crippen LogP contribution is -2.20. The summed E-state index contributed by atoms with van der Waals surface area (Å²) >= 11 is 0. The summed E-state index contributed by atoms with van der Waals surface area (Å²) in [4.78, 5) is 23.4. The number of rotatable bonds is 6. The fourth-order valence-electron chi connectivity index (χ4n) is 2.35. The number of hydrogen-bond donors (Lipinski definition) is 3. The van der Waals surface area contributed by atoms with Gasteiger partial charge in [0.2, 0.25) is 0 Å². The standard InChI is InChI=1S/C21H17N3O4/c25-20(16-9-11-17(12-10-16)21(26)24-27)23-22-14-15-5-4-8-19(13-15)28-18-6-2-1-3-7-18/h1-14,27H,(H,23,25)(H,24,26). The third kappa shape index (κ3) is 5.03. The van der Waals surface area contributed by atoms with E-state index in [-0.39, 0.29) is 5.56 Å². The second-order valence-electron chi connectivity index (χ2n) is 5.71. The zero-order chi connectivity index (χ0) is 19.8. The summed E-state index contributed by atoms with van der Waals surface area (Å²) in [5.74, 6) is 0.300. The molecule has 2 amide bonds. The second-order valence-corrected chi connectivity index (χ2v) is 5.71. The Morgan fingerprint density at radius 2 is 1.46 bits per heavy atom. The van der Waals surface area contributed by atoms with Gasteiger partial charge in [-0.1, -0.05) is 30.3 Å². The average Bonchev–Trinajstić information content (AvgIpc) is 2.74. The summed E-state index contributed by atoms with van der Waals surface area (Å²) in [7, 11) is 0. The van der Waals surface area contributed by atoms with E-state index in [9.17, 15) is 9.59 Å². The van der Waals surface area contributed by atoms with Crippen LogP contribution in [0, 0.1) is 0 Å². The van der Waals surface area contributed by atoms with Crippen molar-refractivity contribution in [3.05, 3.63) is 95.6 Å². The van der Waals surface area contributed by atoms with Crippen LogP contribution in [-0.2, 0) is 0 Å². The molecular weight excluding hydrogens is 358 g/mol. The highest BCUT2D eigenvalue weighted by Crippen LogP contribution is 2.21. The van der Waals surface area contributed by atoms with Crippen molar-refractivity contribution < 1.29 is 19.5 Å². The number of nitrogens with zero attached hydrogens (tertiary/aromatic N) is 1. The highest BCUT2D eigenvalue weighted by atomic mass is 16.5. The van der Waals surface area contributed by atoms with Crippen LogP contribution < -0.4 is 15.6 Å². The number of carbonyl (C=O) groups excluding carboxylic acids is 2. The summed E-state index contributed by atoms with van der Waals surface area (Å²) in [6, 6.07) is 22.5. The minimum absolute atomic E-state index is 0.234. The van der Waals surface area contributed by atoms with E-state index in [2.05, 4.69) is 10.5 Å². The molecule has 0 bridgehead atoms. The molecule has 3 N–H and O–H groups in total. The summed E-state index contributed by atoms with van der Waals surface area (Å²) in [5, 5.41) is 12.5. The maximum atomic E-state index is 12.1. The van der Waals surface area contributed by atoms with Crippen LogP contribution in [0.1, 0.15) is 26.3 Å². The van der Waals surface area contributed by atoms with Crippen LogP contribution in [0.15, 0.2) is 84.0 Å². The molecule has 0 aliphatic heterocycles. The summed E-state index contributed by atoms with van der Waals surface area (Å²) < 4.78 is 5.76. The molecule has 3 aromatic carbocycles. The number of para-hydroxylation sites is 1. The predicted molar refractivity (Wildman–Crippen MR) is 104 cm³/mol. The molecule has 0 heterocycles. The molecule has 0 aliphatic carbocycles. The minimum Gasteiger partial charge on any atom is -0.457 e. The van der Waals surface area contributed by atoms with E-state index in [1.54, 1.807) is 6.07 Å². The van der Waals surface area contributed by atoms with Gasteiger partial charge in [-0.15, -0.1) is 0 Å². The van der Waals surface area contributed by atoms with Crippen molar-refractivity contribution in [1.29, 1.82) is 0 Å². The van der Waals surface area contributed by atoms with Crippen LogP contribution >= 0.6 is 0 Å². The molecule has 0 aromatic heterocycles. The second kappa shape index (κ2) is 9.11. The lowest BCUT2D eigenvalue weighted by atomic mass is 10.1. The van der Waals surface area contributed by atoms with Crippen molar-refractivity contribution in [2.45, 2.75) is 0 Å². The number of hydroxylamine groups is 1. The third-order valence-corrected chi connectivity index (χ3v) is 3.73. The van der Waals surface area contributed by atoms with Crippen LogP contribution in [0.5, 0.6) is 11.5 Å². The van der Waals surface area contributed by atoms with Gasteiger partial charge in [-0.25, -0.2) is 10.9 Å². The molecule has 0 aliphatic rings.